The maximum absolute atomic E-state index is 6.53. The lowest BCUT2D eigenvalue weighted by Crippen LogP contribution is -2.54. The van der Waals surface area contributed by atoms with Gasteiger partial charge in [0.2, 0.25) is 0 Å². The van der Waals surface area contributed by atoms with Crippen LogP contribution in [0.15, 0.2) is 21.2 Å². The zero-order valence-electron chi connectivity index (χ0n) is 11.4. The molecular weight excluding hydrogens is 292 g/mol. The van der Waals surface area contributed by atoms with E-state index in [0.29, 0.717) is 0 Å². The summed E-state index contributed by atoms with van der Waals surface area (Å²) in [6.07, 6.45) is 6.45. The van der Waals surface area contributed by atoms with Gasteiger partial charge in [0, 0.05) is 5.54 Å². The third kappa shape index (κ3) is 2.38. The quantitative estimate of drug-likeness (QED) is 0.927. The Morgan fingerprint density at radius 1 is 1.44 bits per heavy atom. The Kier molecular flexibility index (Phi) is 4.19. The molecule has 2 N–H and O–H groups in total. The molecular formula is C14H23BrN2O. The van der Waals surface area contributed by atoms with Crippen molar-refractivity contribution in [3.05, 3.63) is 22.6 Å². The maximum Gasteiger partial charge on any atom is 0.136 e. The van der Waals surface area contributed by atoms with Gasteiger partial charge in [-0.25, -0.2) is 0 Å². The highest BCUT2D eigenvalue weighted by Crippen LogP contribution is 2.44. The molecule has 102 valence electrons. The van der Waals surface area contributed by atoms with Gasteiger partial charge in [0.05, 0.1) is 16.8 Å². The Morgan fingerprint density at radius 2 is 2.06 bits per heavy atom. The van der Waals surface area contributed by atoms with Crippen LogP contribution < -0.4 is 5.73 Å². The van der Waals surface area contributed by atoms with Gasteiger partial charge in [0.15, 0.2) is 0 Å². The van der Waals surface area contributed by atoms with E-state index in [2.05, 4.69) is 41.8 Å². The fourth-order valence-electron chi connectivity index (χ4n) is 3.07. The Hall–Kier alpha value is -0.320. The first kappa shape index (κ1) is 14.1. The molecule has 0 aliphatic heterocycles. The fourth-order valence-corrected chi connectivity index (χ4v) is 3.52. The van der Waals surface area contributed by atoms with Gasteiger partial charge in [0.25, 0.3) is 0 Å². The van der Waals surface area contributed by atoms with E-state index in [9.17, 15) is 0 Å². The zero-order chi connectivity index (χ0) is 13.3. The van der Waals surface area contributed by atoms with Crippen molar-refractivity contribution in [2.24, 2.45) is 11.7 Å². The molecule has 1 atom stereocenters. The lowest BCUT2D eigenvalue weighted by molar-refractivity contribution is 0.0492. The van der Waals surface area contributed by atoms with E-state index in [1.54, 1.807) is 6.26 Å². The lowest BCUT2D eigenvalue weighted by Gasteiger charge is -2.47. The van der Waals surface area contributed by atoms with Crippen LogP contribution in [0.1, 0.15) is 44.4 Å². The van der Waals surface area contributed by atoms with Gasteiger partial charge in [-0.1, -0.05) is 6.92 Å². The predicted octanol–water partition coefficient (Wildman–Crippen LogP) is 3.55. The van der Waals surface area contributed by atoms with Crippen LogP contribution in [0, 0.1) is 5.92 Å². The van der Waals surface area contributed by atoms with Crippen LogP contribution in [0.2, 0.25) is 0 Å². The number of rotatable bonds is 3. The van der Waals surface area contributed by atoms with Gasteiger partial charge in [-0.15, -0.1) is 0 Å². The van der Waals surface area contributed by atoms with Crippen molar-refractivity contribution < 1.29 is 4.42 Å². The zero-order valence-corrected chi connectivity index (χ0v) is 13.0. The average molecular weight is 315 g/mol. The van der Waals surface area contributed by atoms with Crippen molar-refractivity contribution >= 4 is 15.9 Å². The van der Waals surface area contributed by atoms with Crippen LogP contribution in [-0.2, 0) is 0 Å². The highest BCUT2D eigenvalue weighted by Gasteiger charge is 2.43. The molecule has 1 unspecified atom stereocenters. The minimum Gasteiger partial charge on any atom is -0.466 e. The Bertz CT molecular complexity index is 394. The number of hydrogen-bond donors (Lipinski definition) is 1. The average Bonchev–Trinajstić information content (AvgIpc) is 2.75. The number of furan rings is 1. The molecule has 1 aromatic rings. The molecule has 1 aromatic heterocycles. The molecule has 1 aliphatic carbocycles. The van der Waals surface area contributed by atoms with E-state index in [-0.39, 0.29) is 11.6 Å². The summed E-state index contributed by atoms with van der Waals surface area (Å²) >= 11 is 3.53. The summed E-state index contributed by atoms with van der Waals surface area (Å²) in [4.78, 5) is 2.29. The second-order valence-corrected chi connectivity index (χ2v) is 6.65. The first-order valence-corrected chi connectivity index (χ1v) is 7.42. The van der Waals surface area contributed by atoms with E-state index in [1.165, 1.54) is 12.8 Å². The van der Waals surface area contributed by atoms with Gasteiger partial charge in [-0.3, -0.25) is 0 Å². The van der Waals surface area contributed by atoms with Crippen molar-refractivity contribution in [3.63, 3.8) is 0 Å². The van der Waals surface area contributed by atoms with E-state index in [4.69, 9.17) is 10.2 Å². The second kappa shape index (κ2) is 5.35. The van der Waals surface area contributed by atoms with E-state index in [0.717, 1.165) is 29.0 Å². The lowest BCUT2D eigenvalue weighted by atomic mass is 9.71. The summed E-state index contributed by atoms with van der Waals surface area (Å²) in [7, 11) is 4.26. The van der Waals surface area contributed by atoms with Crippen LogP contribution in [0.25, 0.3) is 0 Å². The van der Waals surface area contributed by atoms with Gasteiger partial charge >= 0.3 is 0 Å². The summed E-state index contributed by atoms with van der Waals surface area (Å²) in [5.74, 6) is 1.68. The number of nitrogens with two attached hydrogens (primary N) is 1. The van der Waals surface area contributed by atoms with Crippen LogP contribution in [0.5, 0.6) is 0 Å². The van der Waals surface area contributed by atoms with Gasteiger partial charge in [-0.05, 0) is 67.7 Å². The first-order chi connectivity index (χ1) is 8.47. The van der Waals surface area contributed by atoms with Gasteiger partial charge < -0.3 is 15.1 Å². The van der Waals surface area contributed by atoms with Crippen molar-refractivity contribution in [2.45, 2.75) is 44.2 Å². The Labute approximate surface area is 118 Å². The van der Waals surface area contributed by atoms with E-state index >= 15 is 0 Å². The van der Waals surface area contributed by atoms with Crippen LogP contribution in [0.4, 0.5) is 0 Å². The van der Waals surface area contributed by atoms with Crippen LogP contribution in [0.3, 0.4) is 0 Å². The smallest absolute Gasteiger partial charge is 0.136 e. The number of likely N-dealkylation sites (N-methyl/N-ethyl adjacent to an activating group) is 1. The molecule has 2 rings (SSSR count). The Morgan fingerprint density at radius 3 is 2.50 bits per heavy atom. The van der Waals surface area contributed by atoms with E-state index in [1.807, 2.05) is 6.07 Å². The monoisotopic (exact) mass is 314 g/mol. The highest BCUT2D eigenvalue weighted by molar-refractivity contribution is 9.10. The largest absolute Gasteiger partial charge is 0.466 e. The van der Waals surface area contributed by atoms with Crippen LogP contribution >= 0.6 is 15.9 Å². The standard InChI is InChI=1S/C14H23BrN2O/c1-10-4-7-14(8-5-10,17(2)3)13(16)12-11(15)6-9-18-12/h6,9-10,13H,4-5,7-8,16H2,1-3H3. The predicted molar refractivity (Wildman–Crippen MR) is 77.4 cm³/mol. The highest BCUT2D eigenvalue weighted by atomic mass is 79.9. The molecule has 0 aromatic carbocycles. The molecule has 0 amide bonds. The fraction of sp³-hybridized carbons (Fsp3) is 0.714. The Balaban J connectivity index is 2.28. The minimum atomic E-state index is -0.0793. The topological polar surface area (TPSA) is 42.4 Å². The summed E-state index contributed by atoms with van der Waals surface area (Å²) in [6.45, 7) is 2.33. The first-order valence-electron chi connectivity index (χ1n) is 6.63. The molecule has 0 saturated heterocycles. The van der Waals surface area contributed by atoms with Crippen molar-refractivity contribution in [3.8, 4) is 0 Å². The molecule has 1 saturated carbocycles. The van der Waals surface area contributed by atoms with Gasteiger partial charge in [-0.2, -0.15) is 0 Å². The summed E-state index contributed by atoms with van der Waals surface area (Å²) in [5, 5.41) is 0. The maximum atomic E-state index is 6.53. The molecule has 1 aliphatic rings. The summed E-state index contributed by atoms with van der Waals surface area (Å²) in [6, 6.07) is 1.84. The van der Waals surface area contributed by atoms with Crippen molar-refractivity contribution in [1.29, 1.82) is 0 Å². The van der Waals surface area contributed by atoms with E-state index < -0.39 is 0 Å². The number of nitrogens with zero attached hydrogens (tertiary/aromatic N) is 1. The van der Waals surface area contributed by atoms with Crippen molar-refractivity contribution in [1.82, 2.24) is 4.90 Å². The molecule has 1 fully saturated rings. The molecule has 4 heteroatoms. The SMILES string of the molecule is CC1CCC(C(N)c2occc2Br)(N(C)C)CC1. The van der Waals surface area contributed by atoms with Gasteiger partial charge in [0.1, 0.15) is 5.76 Å². The third-order valence-corrected chi connectivity index (χ3v) is 5.19. The molecule has 0 radical (unpaired) electrons. The van der Waals surface area contributed by atoms with Crippen molar-refractivity contribution in [2.75, 3.05) is 14.1 Å². The number of hydrogen-bond acceptors (Lipinski definition) is 3. The minimum absolute atomic E-state index is 0.0207. The second-order valence-electron chi connectivity index (χ2n) is 5.79. The normalized spacial score (nSPS) is 30.7. The van der Waals surface area contributed by atoms with Crippen LogP contribution in [-0.4, -0.2) is 24.5 Å². The third-order valence-electron chi connectivity index (χ3n) is 4.54. The molecule has 0 bridgehead atoms. The number of halogens is 1. The molecule has 18 heavy (non-hydrogen) atoms. The molecule has 0 spiro atoms. The summed E-state index contributed by atoms with van der Waals surface area (Å²) in [5.41, 5.74) is 6.55. The molecule has 1 heterocycles. The summed E-state index contributed by atoms with van der Waals surface area (Å²) < 4.78 is 6.56. The molecule has 3 nitrogen and oxygen atoms in total.